The Balaban J connectivity index is 2.46. The van der Waals surface area contributed by atoms with Crippen LogP contribution >= 0.6 is 0 Å². The van der Waals surface area contributed by atoms with Gasteiger partial charge in [0.05, 0.1) is 0 Å². The number of hydrogen-bond acceptors (Lipinski definition) is 2. The minimum Gasteiger partial charge on any atom is -0.423 e. The molecule has 1 aromatic carbocycles. The number of carbonyl (C=O) groups excluding carboxylic acids is 1. The van der Waals surface area contributed by atoms with Crippen LogP contribution in [0.15, 0.2) is 36.4 Å². The van der Waals surface area contributed by atoms with E-state index in [1.54, 1.807) is 13.0 Å². The smallest absolute Gasteiger partial charge is 0.335 e. The van der Waals surface area contributed by atoms with E-state index in [4.69, 9.17) is 4.74 Å². The van der Waals surface area contributed by atoms with Gasteiger partial charge in [-0.25, -0.2) is 4.79 Å². The van der Waals surface area contributed by atoms with E-state index in [-0.39, 0.29) is 5.97 Å². The molecule has 0 N–H and O–H groups in total. The van der Waals surface area contributed by atoms with E-state index in [1.165, 1.54) is 43.7 Å². The standard InChI is InChI=1S/C18H26O2/c1-4-6-7-8-10-15(3)16-11-13-17(14-12-16)20-18(19)9-5-2/h5,9,11-15H,4,6-8,10H2,1-3H3/b9-5+. The van der Waals surface area contributed by atoms with E-state index in [0.717, 1.165) is 0 Å². The summed E-state index contributed by atoms with van der Waals surface area (Å²) in [7, 11) is 0. The molecule has 0 radical (unpaired) electrons. The van der Waals surface area contributed by atoms with Crippen LogP contribution in [0.2, 0.25) is 0 Å². The highest BCUT2D eigenvalue weighted by Crippen LogP contribution is 2.24. The fourth-order valence-electron chi connectivity index (χ4n) is 2.19. The van der Waals surface area contributed by atoms with Gasteiger partial charge in [-0.3, -0.25) is 0 Å². The minimum atomic E-state index is -0.326. The minimum absolute atomic E-state index is 0.326. The first kappa shape index (κ1) is 16.5. The second-order valence-corrected chi connectivity index (χ2v) is 5.24. The van der Waals surface area contributed by atoms with Crippen molar-refractivity contribution in [1.82, 2.24) is 0 Å². The Hall–Kier alpha value is -1.57. The van der Waals surface area contributed by atoms with Crippen molar-refractivity contribution in [2.24, 2.45) is 0 Å². The lowest BCUT2D eigenvalue weighted by atomic mass is 9.95. The van der Waals surface area contributed by atoms with Crippen LogP contribution in [0.3, 0.4) is 0 Å². The van der Waals surface area contributed by atoms with Gasteiger partial charge in [-0.2, -0.15) is 0 Å². The zero-order chi connectivity index (χ0) is 14.8. The largest absolute Gasteiger partial charge is 0.423 e. The summed E-state index contributed by atoms with van der Waals surface area (Å²) in [4.78, 5) is 11.3. The Morgan fingerprint density at radius 2 is 1.90 bits per heavy atom. The first-order valence-electron chi connectivity index (χ1n) is 7.61. The van der Waals surface area contributed by atoms with Crippen LogP contribution < -0.4 is 4.74 Å². The number of carbonyl (C=O) groups is 1. The summed E-state index contributed by atoms with van der Waals surface area (Å²) in [5.74, 6) is 0.843. The Morgan fingerprint density at radius 1 is 1.20 bits per heavy atom. The van der Waals surface area contributed by atoms with E-state index in [9.17, 15) is 4.79 Å². The summed E-state index contributed by atoms with van der Waals surface area (Å²) >= 11 is 0. The molecule has 2 nitrogen and oxygen atoms in total. The van der Waals surface area contributed by atoms with E-state index < -0.39 is 0 Å². The Bertz CT molecular complexity index is 418. The molecule has 0 bridgehead atoms. The molecule has 110 valence electrons. The molecule has 0 saturated carbocycles. The molecule has 1 rings (SSSR count). The monoisotopic (exact) mass is 274 g/mol. The van der Waals surface area contributed by atoms with Gasteiger partial charge in [-0.15, -0.1) is 0 Å². The van der Waals surface area contributed by atoms with Crippen molar-refractivity contribution in [2.45, 2.75) is 58.8 Å². The molecule has 0 aliphatic rings. The second-order valence-electron chi connectivity index (χ2n) is 5.24. The van der Waals surface area contributed by atoms with Gasteiger partial charge in [0.1, 0.15) is 5.75 Å². The number of esters is 1. The summed E-state index contributed by atoms with van der Waals surface area (Å²) < 4.78 is 5.18. The van der Waals surface area contributed by atoms with Gasteiger partial charge in [-0.05, 0) is 37.0 Å². The molecule has 0 aliphatic heterocycles. The van der Waals surface area contributed by atoms with Crippen molar-refractivity contribution in [3.05, 3.63) is 42.0 Å². The highest BCUT2D eigenvalue weighted by molar-refractivity contribution is 5.83. The molecule has 2 heteroatoms. The summed E-state index contributed by atoms with van der Waals surface area (Å²) in [6.07, 6.45) is 9.52. The molecule has 0 fully saturated rings. The molecule has 0 amide bonds. The molecule has 0 aromatic heterocycles. The highest BCUT2D eigenvalue weighted by Gasteiger charge is 2.06. The zero-order valence-electron chi connectivity index (χ0n) is 12.9. The Kier molecular flexibility index (Phi) is 7.71. The van der Waals surface area contributed by atoms with E-state index in [2.05, 4.69) is 26.0 Å². The third-order valence-corrected chi connectivity index (χ3v) is 3.46. The lowest BCUT2D eigenvalue weighted by Gasteiger charge is -2.12. The van der Waals surface area contributed by atoms with Gasteiger partial charge in [-0.1, -0.05) is 57.7 Å². The van der Waals surface area contributed by atoms with Crippen LogP contribution in [0.1, 0.15) is 64.4 Å². The summed E-state index contributed by atoms with van der Waals surface area (Å²) in [6.45, 7) is 6.29. The van der Waals surface area contributed by atoms with Crippen molar-refractivity contribution in [3.63, 3.8) is 0 Å². The van der Waals surface area contributed by atoms with Crippen molar-refractivity contribution >= 4 is 5.97 Å². The maximum absolute atomic E-state index is 11.3. The fourth-order valence-corrected chi connectivity index (χ4v) is 2.19. The third-order valence-electron chi connectivity index (χ3n) is 3.46. The van der Waals surface area contributed by atoms with Gasteiger partial charge in [0.25, 0.3) is 0 Å². The van der Waals surface area contributed by atoms with E-state index in [1.807, 2.05) is 12.1 Å². The normalized spacial score (nSPS) is 12.6. The maximum atomic E-state index is 11.3. The lowest BCUT2D eigenvalue weighted by molar-refractivity contribution is -0.129. The number of rotatable bonds is 8. The molecule has 0 aliphatic carbocycles. The van der Waals surface area contributed by atoms with Gasteiger partial charge < -0.3 is 4.74 Å². The first-order chi connectivity index (χ1) is 9.67. The SMILES string of the molecule is C/C=C/C(=O)Oc1ccc(C(C)CCCCCC)cc1. The van der Waals surface area contributed by atoms with Crippen molar-refractivity contribution in [3.8, 4) is 5.75 Å². The topological polar surface area (TPSA) is 26.3 Å². The van der Waals surface area contributed by atoms with Crippen LogP contribution in [0.4, 0.5) is 0 Å². The first-order valence-corrected chi connectivity index (χ1v) is 7.61. The van der Waals surface area contributed by atoms with Crippen molar-refractivity contribution < 1.29 is 9.53 Å². The average Bonchev–Trinajstić information content (AvgIpc) is 2.44. The van der Waals surface area contributed by atoms with Crippen LogP contribution in [0.5, 0.6) is 5.75 Å². The Labute approximate surface area is 122 Å². The summed E-state index contributed by atoms with van der Waals surface area (Å²) in [5, 5.41) is 0. The molecule has 20 heavy (non-hydrogen) atoms. The van der Waals surface area contributed by atoms with Crippen molar-refractivity contribution in [1.29, 1.82) is 0 Å². The quantitative estimate of drug-likeness (QED) is 0.280. The molecule has 1 aromatic rings. The molecular formula is C18H26O2. The number of benzene rings is 1. The molecule has 0 saturated heterocycles. The van der Waals surface area contributed by atoms with Gasteiger partial charge in [0.15, 0.2) is 0 Å². The van der Waals surface area contributed by atoms with E-state index in [0.29, 0.717) is 11.7 Å². The van der Waals surface area contributed by atoms with Crippen LogP contribution in [-0.4, -0.2) is 5.97 Å². The molecule has 0 spiro atoms. The number of allylic oxidation sites excluding steroid dienone is 1. The maximum Gasteiger partial charge on any atom is 0.335 e. The predicted molar refractivity (Wildman–Crippen MR) is 84.1 cm³/mol. The van der Waals surface area contributed by atoms with Gasteiger partial charge in [0.2, 0.25) is 0 Å². The van der Waals surface area contributed by atoms with Crippen molar-refractivity contribution in [2.75, 3.05) is 0 Å². The highest BCUT2D eigenvalue weighted by atomic mass is 16.5. The second kappa shape index (κ2) is 9.35. The summed E-state index contributed by atoms with van der Waals surface area (Å²) in [6, 6.07) is 7.87. The fraction of sp³-hybridized carbons (Fsp3) is 0.500. The van der Waals surface area contributed by atoms with Crippen LogP contribution in [0.25, 0.3) is 0 Å². The molecule has 0 heterocycles. The number of hydrogen-bond donors (Lipinski definition) is 0. The molecular weight excluding hydrogens is 248 g/mol. The number of unbranched alkanes of at least 4 members (excludes halogenated alkanes) is 3. The van der Waals surface area contributed by atoms with Gasteiger partial charge >= 0.3 is 5.97 Å². The third kappa shape index (κ3) is 6.05. The zero-order valence-corrected chi connectivity index (χ0v) is 12.9. The van der Waals surface area contributed by atoms with Crippen LogP contribution in [0, 0.1) is 0 Å². The predicted octanol–water partition coefficient (Wildman–Crippen LogP) is 5.24. The summed E-state index contributed by atoms with van der Waals surface area (Å²) in [5.41, 5.74) is 1.31. The average molecular weight is 274 g/mol. The van der Waals surface area contributed by atoms with Crippen LogP contribution in [-0.2, 0) is 4.79 Å². The van der Waals surface area contributed by atoms with E-state index >= 15 is 0 Å². The van der Waals surface area contributed by atoms with Gasteiger partial charge in [0, 0.05) is 6.08 Å². The lowest BCUT2D eigenvalue weighted by Crippen LogP contribution is -2.03. The Morgan fingerprint density at radius 3 is 2.50 bits per heavy atom. The molecule has 1 unspecified atom stereocenters. The number of ether oxygens (including phenoxy) is 1. The molecule has 1 atom stereocenters.